The first-order valence-electron chi connectivity index (χ1n) is 7.82. The normalized spacial score (nSPS) is 18.6. The maximum absolute atomic E-state index is 5.88. The number of rotatable bonds is 5. The fourth-order valence-electron chi connectivity index (χ4n) is 2.77. The van der Waals surface area contributed by atoms with Gasteiger partial charge in [-0.25, -0.2) is 4.98 Å². The van der Waals surface area contributed by atoms with E-state index in [-0.39, 0.29) is 24.0 Å². The van der Waals surface area contributed by atoms with E-state index in [1.165, 1.54) is 60.5 Å². The highest BCUT2D eigenvalue weighted by Gasteiger charge is 2.16. The number of thiazole rings is 1. The molecule has 4 nitrogen and oxygen atoms in total. The Morgan fingerprint density at radius 1 is 1.29 bits per heavy atom. The lowest BCUT2D eigenvalue weighted by Crippen LogP contribution is -2.34. The lowest BCUT2D eigenvalue weighted by molar-refractivity contribution is 0.326. The molecule has 0 unspecified atom stereocenters. The Hall–Kier alpha value is -0.370. The van der Waals surface area contributed by atoms with Crippen molar-refractivity contribution in [2.24, 2.45) is 16.6 Å². The Labute approximate surface area is 148 Å². The highest BCUT2D eigenvalue weighted by molar-refractivity contribution is 14.0. The summed E-state index contributed by atoms with van der Waals surface area (Å²) in [6, 6.07) is 0. The third-order valence-electron chi connectivity index (χ3n) is 4.28. The molecule has 1 saturated carbocycles. The summed E-state index contributed by atoms with van der Waals surface area (Å²) in [5.41, 5.74) is 7.23. The average molecular weight is 420 g/mol. The van der Waals surface area contributed by atoms with Gasteiger partial charge in [0.1, 0.15) is 0 Å². The molecule has 21 heavy (non-hydrogen) atoms. The van der Waals surface area contributed by atoms with Crippen LogP contribution in [0.5, 0.6) is 0 Å². The zero-order valence-electron chi connectivity index (χ0n) is 12.4. The molecule has 0 amide bonds. The molecule has 6 heteroatoms. The van der Waals surface area contributed by atoms with Crippen molar-refractivity contribution in [2.45, 2.75) is 51.4 Å². The van der Waals surface area contributed by atoms with Gasteiger partial charge in [-0.2, -0.15) is 0 Å². The van der Waals surface area contributed by atoms with Gasteiger partial charge in [-0.15, -0.1) is 35.3 Å². The van der Waals surface area contributed by atoms with E-state index in [0.717, 1.165) is 25.4 Å². The number of halogens is 1. The summed E-state index contributed by atoms with van der Waals surface area (Å²) >= 11 is 1.89. The Morgan fingerprint density at radius 3 is 2.81 bits per heavy atom. The van der Waals surface area contributed by atoms with Crippen molar-refractivity contribution in [3.05, 3.63) is 15.6 Å². The van der Waals surface area contributed by atoms with Gasteiger partial charge in [0.05, 0.1) is 10.7 Å². The molecular weight excluding hydrogens is 395 g/mol. The Morgan fingerprint density at radius 2 is 2.10 bits per heavy atom. The zero-order chi connectivity index (χ0) is 13.8. The highest BCUT2D eigenvalue weighted by Crippen LogP contribution is 2.27. The first-order chi connectivity index (χ1) is 9.81. The molecule has 0 radical (unpaired) electrons. The average Bonchev–Trinajstić information content (AvgIpc) is 2.79. The van der Waals surface area contributed by atoms with E-state index in [1.807, 2.05) is 11.3 Å². The van der Waals surface area contributed by atoms with E-state index in [4.69, 9.17) is 10.7 Å². The second-order valence-corrected chi connectivity index (χ2v) is 7.05. The van der Waals surface area contributed by atoms with Gasteiger partial charge in [-0.3, -0.25) is 4.99 Å². The van der Waals surface area contributed by atoms with E-state index in [1.54, 1.807) is 0 Å². The topological polar surface area (TPSA) is 63.3 Å². The summed E-state index contributed by atoms with van der Waals surface area (Å²) in [5, 5.41) is 4.46. The second-order valence-electron chi connectivity index (χ2n) is 5.88. The van der Waals surface area contributed by atoms with Crippen LogP contribution in [0.15, 0.2) is 4.99 Å². The van der Waals surface area contributed by atoms with Crippen LogP contribution < -0.4 is 11.1 Å². The number of aromatic nitrogens is 1. The minimum absolute atomic E-state index is 0. The quantitative estimate of drug-likeness (QED) is 0.438. The number of aliphatic imine (C=N–C) groups is 1. The molecule has 3 rings (SSSR count). The Balaban J connectivity index is 0.00000161. The maximum atomic E-state index is 5.88. The Bertz CT molecular complexity index is 459. The summed E-state index contributed by atoms with van der Waals surface area (Å²) in [6.07, 6.45) is 9.99. The van der Waals surface area contributed by atoms with Crippen LogP contribution in [0, 0.1) is 5.92 Å². The predicted octanol–water partition coefficient (Wildman–Crippen LogP) is 2.89. The summed E-state index contributed by atoms with van der Waals surface area (Å²) in [4.78, 5) is 10.7. The van der Waals surface area contributed by atoms with Crippen molar-refractivity contribution < 1.29 is 0 Å². The third kappa shape index (κ3) is 4.81. The predicted molar refractivity (Wildman–Crippen MR) is 99.7 cm³/mol. The fraction of sp³-hybridized carbons (Fsp3) is 0.733. The molecule has 1 fully saturated rings. The Kier molecular flexibility index (Phi) is 6.73. The maximum Gasteiger partial charge on any atom is 0.188 e. The second kappa shape index (κ2) is 8.31. The van der Waals surface area contributed by atoms with Crippen LogP contribution in [-0.2, 0) is 19.3 Å². The summed E-state index contributed by atoms with van der Waals surface area (Å²) in [7, 11) is 0. The number of hydrogen-bond donors (Lipinski definition) is 2. The van der Waals surface area contributed by atoms with Gasteiger partial charge in [0.25, 0.3) is 0 Å². The SMILES string of the molecule is I.NC(=NCC1CCC1)NCCc1nc2c(s1)CCCC2. The van der Waals surface area contributed by atoms with E-state index in [2.05, 4.69) is 10.3 Å². The van der Waals surface area contributed by atoms with Crippen LogP contribution in [0.4, 0.5) is 0 Å². The smallest absolute Gasteiger partial charge is 0.188 e. The largest absolute Gasteiger partial charge is 0.370 e. The molecule has 1 heterocycles. The molecule has 0 aliphatic heterocycles. The lowest BCUT2D eigenvalue weighted by Gasteiger charge is -2.23. The van der Waals surface area contributed by atoms with Gasteiger partial charge in [0.15, 0.2) is 5.96 Å². The fourth-order valence-corrected chi connectivity index (χ4v) is 3.92. The van der Waals surface area contributed by atoms with Crippen molar-refractivity contribution in [1.82, 2.24) is 10.3 Å². The van der Waals surface area contributed by atoms with Crippen molar-refractivity contribution in [1.29, 1.82) is 0 Å². The number of guanidine groups is 1. The van der Waals surface area contributed by atoms with Gasteiger partial charge in [0, 0.05) is 24.4 Å². The zero-order valence-corrected chi connectivity index (χ0v) is 15.6. The highest BCUT2D eigenvalue weighted by atomic mass is 127. The number of nitrogens with two attached hydrogens (primary N) is 1. The molecule has 2 aliphatic carbocycles. The minimum atomic E-state index is 0. The van der Waals surface area contributed by atoms with Gasteiger partial charge in [-0.1, -0.05) is 6.42 Å². The van der Waals surface area contributed by atoms with Crippen molar-refractivity contribution in [3.8, 4) is 0 Å². The summed E-state index contributed by atoms with van der Waals surface area (Å²) < 4.78 is 0. The van der Waals surface area contributed by atoms with Crippen LogP contribution in [0.2, 0.25) is 0 Å². The molecule has 118 valence electrons. The molecule has 0 aromatic carbocycles. The van der Waals surface area contributed by atoms with Crippen molar-refractivity contribution in [2.75, 3.05) is 13.1 Å². The minimum Gasteiger partial charge on any atom is -0.370 e. The van der Waals surface area contributed by atoms with E-state index >= 15 is 0 Å². The van der Waals surface area contributed by atoms with Gasteiger partial charge in [-0.05, 0) is 44.4 Å². The molecule has 0 bridgehead atoms. The number of fused-ring (bicyclic) bond motifs is 1. The molecule has 0 spiro atoms. The number of nitrogens with zero attached hydrogens (tertiary/aromatic N) is 2. The van der Waals surface area contributed by atoms with E-state index in [0.29, 0.717) is 5.96 Å². The van der Waals surface area contributed by atoms with Crippen LogP contribution in [0.3, 0.4) is 0 Å². The van der Waals surface area contributed by atoms with Crippen LogP contribution >= 0.6 is 35.3 Å². The van der Waals surface area contributed by atoms with Gasteiger partial charge < -0.3 is 11.1 Å². The van der Waals surface area contributed by atoms with Crippen molar-refractivity contribution >= 4 is 41.3 Å². The first kappa shape index (κ1) is 17.0. The number of hydrogen-bond acceptors (Lipinski definition) is 3. The third-order valence-corrected chi connectivity index (χ3v) is 5.50. The molecule has 1 aromatic heterocycles. The van der Waals surface area contributed by atoms with Crippen LogP contribution in [0.25, 0.3) is 0 Å². The monoisotopic (exact) mass is 420 g/mol. The molecule has 2 aliphatic rings. The van der Waals surface area contributed by atoms with Gasteiger partial charge >= 0.3 is 0 Å². The molecule has 0 saturated heterocycles. The number of aryl methyl sites for hydroxylation is 2. The summed E-state index contributed by atoms with van der Waals surface area (Å²) in [5.74, 6) is 1.37. The molecular formula is C15H25IN4S. The van der Waals surface area contributed by atoms with Gasteiger partial charge in [0.2, 0.25) is 0 Å². The van der Waals surface area contributed by atoms with Crippen molar-refractivity contribution in [3.63, 3.8) is 0 Å². The molecule has 3 N–H and O–H groups in total. The van der Waals surface area contributed by atoms with E-state index in [9.17, 15) is 0 Å². The standard InChI is InChI=1S/C15H24N4S.HI/c16-15(18-10-11-4-3-5-11)17-9-8-14-19-12-6-1-2-7-13(12)20-14;/h11H,1-10H2,(H3,16,17,18);1H. The molecule has 0 atom stereocenters. The number of nitrogens with one attached hydrogen (secondary N) is 1. The van der Waals surface area contributed by atoms with Crippen LogP contribution in [-0.4, -0.2) is 24.0 Å². The lowest BCUT2D eigenvalue weighted by atomic mass is 9.86. The van der Waals surface area contributed by atoms with E-state index < -0.39 is 0 Å². The first-order valence-corrected chi connectivity index (χ1v) is 8.64. The van der Waals surface area contributed by atoms with Crippen LogP contribution in [0.1, 0.15) is 47.7 Å². The molecule has 1 aromatic rings. The summed E-state index contributed by atoms with van der Waals surface area (Å²) in [6.45, 7) is 1.73.